The Balaban J connectivity index is 1.97. The second-order valence-corrected chi connectivity index (χ2v) is 4.63. The summed E-state index contributed by atoms with van der Waals surface area (Å²) in [7, 11) is 0. The van der Waals surface area contributed by atoms with Crippen molar-refractivity contribution in [2.24, 2.45) is 9.98 Å². The van der Waals surface area contributed by atoms with Crippen molar-refractivity contribution in [2.45, 2.75) is 25.4 Å². The minimum atomic E-state index is 0.216. The molecule has 0 aromatic heterocycles. The van der Waals surface area contributed by atoms with E-state index in [0.717, 1.165) is 26.2 Å². The molecule has 2 aliphatic rings. The SMILES string of the molecule is CC1(C)CN(C2C=NC=NC2)CCN1. The average Bonchev–Trinajstić information content (AvgIpc) is 2.18. The smallest absolute Gasteiger partial charge is 0.109 e. The summed E-state index contributed by atoms with van der Waals surface area (Å²) in [6.07, 6.45) is 3.65. The molecule has 0 radical (unpaired) electrons. The minimum Gasteiger partial charge on any atom is -0.309 e. The van der Waals surface area contributed by atoms with Crippen molar-refractivity contribution in [1.29, 1.82) is 0 Å². The van der Waals surface area contributed by atoms with Crippen LogP contribution < -0.4 is 5.32 Å². The molecule has 2 heterocycles. The fraction of sp³-hybridized carbons (Fsp3) is 0.800. The molecule has 2 aliphatic heterocycles. The van der Waals surface area contributed by atoms with Gasteiger partial charge in [0.2, 0.25) is 0 Å². The van der Waals surface area contributed by atoms with Crippen molar-refractivity contribution in [1.82, 2.24) is 10.2 Å². The number of nitrogens with zero attached hydrogens (tertiary/aromatic N) is 3. The highest BCUT2D eigenvalue weighted by Crippen LogP contribution is 2.13. The molecule has 0 amide bonds. The topological polar surface area (TPSA) is 40.0 Å². The lowest BCUT2D eigenvalue weighted by Gasteiger charge is -2.41. The van der Waals surface area contributed by atoms with E-state index in [4.69, 9.17) is 0 Å². The molecule has 1 unspecified atom stereocenters. The summed E-state index contributed by atoms with van der Waals surface area (Å²) >= 11 is 0. The molecule has 0 spiro atoms. The maximum absolute atomic E-state index is 4.20. The van der Waals surface area contributed by atoms with Crippen LogP contribution in [0.3, 0.4) is 0 Å². The quantitative estimate of drug-likeness (QED) is 0.645. The van der Waals surface area contributed by atoms with Crippen molar-refractivity contribution < 1.29 is 0 Å². The molecule has 1 atom stereocenters. The van der Waals surface area contributed by atoms with E-state index in [0.29, 0.717) is 6.04 Å². The van der Waals surface area contributed by atoms with Crippen LogP contribution in [0.1, 0.15) is 13.8 Å². The van der Waals surface area contributed by atoms with Gasteiger partial charge in [-0.25, -0.2) is 4.99 Å². The van der Waals surface area contributed by atoms with E-state index in [-0.39, 0.29) is 5.54 Å². The summed E-state index contributed by atoms with van der Waals surface area (Å²) < 4.78 is 0. The van der Waals surface area contributed by atoms with Crippen LogP contribution in [0.4, 0.5) is 0 Å². The van der Waals surface area contributed by atoms with Crippen LogP contribution in [0.15, 0.2) is 9.98 Å². The third-order valence-electron chi connectivity index (χ3n) is 2.77. The van der Waals surface area contributed by atoms with Gasteiger partial charge in [0.05, 0.1) is 12.6 Å². The molecule has 2 rings (SSSR count). The zero-order chi connectivity index (χ0) is 10.0. The maximum Gasteiger partial charge on any atom is 0.109 e. The van der Waals surface area contributed by atoms with Crippen molar-refractivity contribution in [3.05, 3.63) is 0 Å². The molecule has 4 nitrogen and oxygen atoms in total. The van der Waals surface area contributed by atoms with Crippen LogP contribution in [0.5, 0.6) is 0 Å². The average molecular weight is 194 g/mol. The Morgan fingerprint density at radius 2 is 2.36 bits per heavy atom. The van der Waals surface area contributed by atoms with E-state index in [2.05, 4.69) is 34.0 Å². The summed E-state index contributed by atoms with van der Waals surface area (Å²) in [5.41, 5.74) is 0.216. The monoisotopic (exact) mass is 194 g/mol. The normalized spacial score (nSPS) is 32.0. The van der Waals surface area contributed by atoms with Crippen molar-refractivity contribution >= 4 is 12.6 Å². The first-order chi connectivity index (χ1) is 6.67. The van der Waals surface area contributed by atoms with Gasteiger partial charge in [0.15, 0.2) is 0 Å². The summed E-state index contributed by atoms with van der Waals surface area (Å²) in [4.78, 5) is 10.8. The fourth-order valence-corrected chi connectivity index (χ4v) is 2.06. The molecule has 0 aromatic rings. The Labute approximate surface area is 85.1 Å². The zero-order valence-corrected chi connectivity index (χ0v) is 8.90. The minimum absolute atomic E-state index is 0.216. The maximum atomic E-state index is 4.20. The molecule has 0 bridgehead atoms. The van der Waals surface area contributed by atoms with Crippen LogP contribution in [-0.4, -0.2) is 55.2 Å². The lowest BCUT2D eigenvalue weighted by atomic mass is 10.0. The molecule has 0 aliphatic carbocycles. The van der Waals surface area contributed by atoms with Crippen LogP contribution in [-0.2, 0) is 0 Å². The summed E-state index contributed by atoms with van der Waals surface area (Å²) in [6.45, 7) is 8.56. The van der Waals surface area contributed by atoms with Crippen LogP contribution in [0, 0.1) is 0 Å². The number of piperazine rings is 1. The number of hydrogen-bond acceptors (Lipinski definition) is 4. The Kier molecular flexibility index (Phi) is 2.65. The summed E-state index contributed by atoms with van der Waals surface area (Å²) in [5.74, 6) is 0. The van der Waals surface area contributed by atoms with Gasteiger partial charge < -0.3 is 5.32 Å². The molecular weight excluding hydrogens is 176 g/mol. The van der Waals surface area contributed by atoms with Gasteiger partial charge in [-0.1, -0.05) is 0 Å². The molecular formula is C10H18N4. The third kappa shape index (κ3) is 2.19. The Hall–Kier alpha value is -0.740. The van der Waals surface area contributed by atoms with Crippen molar-refractivity contribution in [3.63, 3.8) is 0 Å². The first-order valence-electron chi connectivity index (χ1n) is 5.18. The van der Waals surface area contributed by atoms with Gasteiger partial charge in [0, 0.05) is 31.4 Å². The summed E-state index contributed by atoms with van der Waals surface area (Å²) in [6, 6.07) is 0.404. The highest BCUT2D eigenvalue weighted by atomic mass is 15.3. The van der Waals surface area contributed by atoms with Gasteiger partial charge >= 0.3 is 0 Å². The van der Waals surface area contributed by atoms with Gasteiger partial charge in [-0.2, -0.15) is 0 Å². The van der Waals surface area contributed by atoms with Crippen LogP contribution >= 0.6 is 0 Å². The van der Waals surface area contributed by atoms with E-state index in [1.165, 1.54) is 0 Å². The van der Waals surface area contributed by atoms with Gasteiger partial charge in [-0.05, 0) is 13.8 Å². The van der Waals surface area contributed by atoms with Gasteiger partial charge in [-0.15, -0.1) is 0 Å². The van der Waals surface area contributed by atoms with Crippen molar-refractivity contribution in [2.75, 3.05) is 26.2 Å². The van der Waals surface area contributed by atoms with Crippen molar-refractivity contribution in [3.8, 4) is 0 Å². The molecule has 1 fully saturated rings. The molecule has 0 aromatic carbocycles. The number of rotatable bonds is 1. The first-order valence-corrected chi connectivity index (χ1v) is 5.18. The highest BCUT2D eigenvalue weighted by Gasteiger charge is 2.29. The second kappa shape index (κ2) is 3.79. The van der Waals surface area contributed by atoms with Gasteiger partial charge in [-0.3, -0.25) is 9.89 Å². The molecule has 14 heavy (non-hydrogen) atoms. The van der Waals surface area contributed by atoms with E-state index >= 15 is 0 Å². The van der Waals surface area contributed by atoms with E-state index in [1.54, 1.807) is 6.34 Å². The van der Waals surface area contributed by atoms with Crippen LogP contribution in [0.25, 0.3) is 0 Å². The largest absolute Gasteiger partial charge is 0.309 e. The Morgan fingerprint density at radius 1 is 1.50 bits per heavy atom. The predicted octanol–water partition coefficient (Wildman–Crippen LogP) is 0.152. The first kappa shape index (κ1) is 9.80. The number of nitrogens with one attached hydrogen (secondary N) is 1. The van der Waals surface area contributed by atoms with Gasteiger partial charge in [0.25, 0.3) is 0 Å². The van der Waals surface area contributed by atoms with Crippen LogP contribution in [0.2, 0.25) is 0 Å². The fourth-order valence-electron chi connectivity index (χ4n) is 2.06. The number of hydrogen-bond donors (Lipinski definition) is 1. The van der Waals surface area contributed by atoms with Gasteiger partial charge in [0.1, 0.15) is 6.34 Å². The zero-order valence-electron chi connectivity index (χ0n) is 8.90. The molecule has 1 saturated heterocycles. The summed E-state index contributed by atoms with van der Waals surface area (Å²) in [5, 5.41) is 3.50. The molecule has 1 N–H and O–H groups in total. The van der Waals surface area contributed by atoms with E-state index in [1.807, 2.05) is 6.21 Å². The van der Waals surface area contributed by atoms with E-state index < -0.39 is 0 Å². The molecule has 4 heteroatoms. The molecule has 78 valence electrons. The molecule has 0 saturated carbocycles. The standard InChI is InChI=1S/C10H18N4/c1-10(2)7-14(4-3-13-10)9-5-11-8-12-6-9/h5,8-9,13H,3-4,6-7H2,1-2H3. The number of aliphatic imine (C=N–C) groups is 2. The third-order valence-corrected chi connectivity index (χ3v) is 2.77. The Morgan fingerprint density at radius 3 is 3.00 bits per heavy atom. The Bertz CT molecular complexity index is 257. The lowest BCUT2D eigenvalue weighted by molar-refractivity contribution is 0.140. The second-order valence-electron chi connectivity index (χ2n) is 4.63. The lowest BCUT2D eigenvalue weighted by Crippen LogP contribution is -2.60. The highest BCUT2D eigenvalue weighted by molar-refractivity contribution is 5.78. The predicted molar refractivity (Wildman–Crippen MR) is 59.3 cm³/mol. The van der Waals surface area contributed by atoms with E-state index in [9.17, 15) is 0 Å².